The molecule has 6 heteroatoms. The van der Waals surface area contributed by atoms with Gasteiger partial charge in [-0.2, -0.15) is 0 Å². The summed E-state index contributed by atoms with van der Waals surface area (Å²) in [4.78, 5) is 26.8. The number of halogens is 1. The number of carbonyl (C=O) groups excluding carboxylic acids is 2. The summed E-state index contributed by atoms with van der Waals surface area (Å²) >= 11 is 7.49. The van der Waals surface area contributed by atoms with Gasteiger partial charge in [-0.15, -0.1) is 11.8 Å². The highest BCUT2D eigenvalue weighted by atomic mass is 35.5. The molecule has 3 rings (SSSR count). The highest BCUT2D eigenvalue weighted by Crippen LogP contribution is 2.30. The molecule has 4 nitrogen and oxygen atoms in total. The van der Waals surface area contributed by atoms with Crippen LogP contribution >= 0.6 is 23.4 Å². The minimum absolute atomic E-state index is 0.0992. The van der Waals surface area contributed by atoms with E-state index >= 15 is 0 Å². The molecule has 1 aliphatic rings. The van der Waals surface area contributed by atoms with Crippen LogP contribution in [-0.4, -0.2) is 24.1 Å². The summed E-state index contributed by atoms with van der Waals surface area (Å²) in [5, 5.41) is 3.54. The Labute approximate surface area is 150 Å². The highest BCUT2D eigenvalue weighted by molar-refractivity contribution is 8.00. The van der Waals surface area contributed by atoms with Crippen LogP contribution in [0.3, 0.4) is 0 Å². The molecule has 0 bridgehead atoms. The van der Waals surface area contributed by atoms with E-state index in [1.165, 1.54) is 11.8 Å². The number of thioether (sulfide) groups is 1. The van der Waals surface area contributed by atoms with Crippen molar-refractivity contribution in [2.24, 2.45) is 0 Å². The molecule has 0 aromatic heterocycles. The molecule has 0 radical (unpaired) electrons. The van der Waals surface area contributed by atoms with E-state index in [-0.39, 0.29) is 17.6 Å². The molecule has 124 valence electrons. The van der Waals surface area contributed by atoms with Gasteiger partial charge in [0.1, 0.15) is 0 Å². The van der Waals surface area contributed by atoms with Crippen LogP contribution in [0.25, 0.3) is 0 Å². The molecule has 2 aromatic rings. The van der Waals surface area contributed by atoms with Crippen molar-refractivity contribution in [2.45, 2.75) is 17.7 Å². The van der Waals surface area contributed by atoms with E-state index in [0.717, 1.165) is 17.0 Å². The third-order valence-corrected chi connectivity index (χ3v) is 5.25. The second-order valence-corrected chi connectivity index (χ2v) is 6.86. The Hall–Kier alpha value is -1.98. The van der Waals surface area contributed by atoms with E-state index in [1.54, 1.807) is 11.0 Å². The van der Waals surface area contributed by atoms with Gasteiger partial charge in [-0.1, -0.05) is 35.9 Å². The SMILES string of the molecule is O=C(CSc1ccccc1Cl)Nc1ccccc1N1CCCC1=O. The van der Waals surface area contributed by atoms with Crippen molar-refractivity contribution >= 4 is 46.6 Å². The largest absolute Gasteiger partial charge is 0.324 e. The number of para-hydroxylation sites is 2. The second-order valence-electron chi connectivity index (χ2n) is 5.43. The molecule has 1 saturated heterocycles. The second kappa shape index (κ2) is 7.73. The minimum atomic E-state index is -0.126. The average Bonchev–Trinajstić information content (AvgIpc) is 3.00. The Balaban J connectivity index is 1.66. The summed E-state index contributed by atoms with van der Waals surface area (Å²) in [5.41, 5.74) is 1.42. The van der Waals surface area contributed by atoms with Crippen LogP contribution in [0.4, 0.5) is 11.4 Å². The lowest BCUT2D eigenvalue weighted by Crippen LogP contribution is -2.25. The Morgan fingerprint density at radius 3 is 2.67 bits per heavy atom. The number of rotatable bonds is 5. The standard InChI is InChI=1S/C18H17ClN2O2S/c19-13-6-1-4-9-16(13)24-12-17(22)20-14-7-2-3-8-15(14)21-11-5-10-18(21)23/h1-4,6-9H,5,10-12H2,(H,20,22). The molecule has 0 atom stereocenters. The molecule has 0 saturated carbocycles. The van der Waals surface area contributed by atoms with E-state index in [4.69, 9.17) is 11.6 Å². The monoisotopic (exact) mass is 360 g/mol. The molecule has 2 amide bonds. The Morgan fingerprint density at radius 1 is 1.17 bits per heavy atom. The van der Waals surface area contributed by atoms with Gasteiger partial charge in [-0.05, 0) is 30.7 Å². The molecule has 0 aliphatic carbocycles. The van der Waals surface area contributed by atoms with E-state index in [0.29, 0.717) is 23.7 Å². The Bertz CT molecular complexity index is 766. The average molecular weight is 361 g/mol. The van der Waals surface area contributed by atoms with Gasteiger partial charge in [0.05, 0.1) is 22.2 Å². The summed E-state index contributed by atoms with van der Waals surface area (Å²) in [7, 11) is 0. The molecule has 1 aliphatic heterocycles. The van der Waals surface area contributed by atoms with Crippen molar-refractivity contribution in [3.8, 4) is 0 Å². The fourth-order valence-corrected chi connectivity index (χ4v) is 3.65. The number of nitrogens with zero attached hydrogens (tertiary/aromatic N) is 1. The lowest BCUT2D eigenvalue weighted by atomic mass is 10.2. The van der Waals surface area contributed by atoms with Crippen molar-refractivity contribution in [1.29, 1.82) is 0 Å². The number of anilines is 2. The first-order valence-corrected chi connectivity index (χ1v) is 9.08. The minimum Gasteiger partial charge on any atom is -0.324 e. The molecule has 2 aromatic carbocycles. The maximum atomic E-state index is 12.3. The third-order valence-electron chi connectivity index (χ3n) is 3.74. The topological polar surface area (TPSA) is 49.4 Å². The van der Waals surface area contributed by atoms with Gasteiger partial charge in [-0.3, -0.25) is 9.59 Å². The number of benzene rings is 2. The van der Waals surface area contributed by atoms with Crippen LogP contribution in [0.1, 0.15) is 12.8 Å². The van der Waals surface area contributed by atoms with Crippen LogP contribution in [0, 0.1) is 0 Å². The van der Waals surface area contributed by atoms with Crippen molar-refractivity contribution < 1.29 is 9.59 Å². The third kappa shape index (κ3) is 3.91. The first-order valence-electron chi connectivity index (χ1n) is 7.72. The van der Waals surface area contributed by atoms with Crippen LogP contribution in [0.5, 0.6) is 0 Å². The summed E-state index contributed by atoms with van der Waals surface area (Å²) in [6, 6.07) is 14.8. The first-order chi connectivity index (χ1) is 11.6. The van der Waals surface area contributed by atoms with E-state index in [1.807, 2.05) is 42.5 Å². The van der Waals surface area contributed by atoms with Crippen LogP contribution in [-0.2, 0) is 9.59 Å². The lowest BCUT2D eigenvalue weighted by Gasteiger charge is -2.20. The molecule has 24 heavy (non-hydrogen) atoms. The zero-order valence-corrected chi connectivity index (χ0v) is 14.6. The van der Waals surface area contributed by atoms with Crippen molar-refractivity contribution in [2.75, 3.05) is 22.5 Å². The van der Waals surface area contributed by atoms with Gasteiger partial charge in [0.25, 0.3) is 0 Å². The molecule has 1 N–H and O–H groups in total. The normalized spacial score (nSPS) is 14.0. The zero-order chi connectivity index (χ0) is 16.9. The summed E-state index contributed by atoms with van der Waals surface area (Å²) in [6.45, 7) is 0.695. The van der Waals surface area contributed by atoms with Gasteiger partial charge in [0.2, 0.25) is 11.8 Å². The fourth-order valence-electron chi connectivity index (χ4n) is 2.61. The van der Waals surface area contributed by atoms with Crippen LogP contribution in [0.15, 0.2) is 53.4 Å². The van der Waals surface area contributed by atoms with E-state index in [9.17, 15) is 9.59 Å². The van der Waals surface area contributed by atoms with Crippen molar-refractivity contribution in [3.63, 3.8) is 0 Å². The van der Waals surface area contributed by atoms with Gasteiger partial charge in [0.15, 0.2) is 0 Å². The molecule has 1 fully saturated rings. The first kappa shape index (κ1) is 16.9. The predicted molar refractivity (Wildman–Crippen MR) is 98.8 cm³/mol. The van der Waals surface area contributed by atoms with Crippen molar-refractivity contribution in [3.05, 3.63) is 53.6 Å². The predicted octanol–water partition coefficient (Wildman–Crippen LogP) is 4.20. The fraction of sp³-hybridized carbons (Fsp3) is 0.222. The lowest BCUT2D eigenvalue weighted by molar-refractivity contribution is -0.117. The number of hydrogen-bond acceptors (Lipinski definition) is 3. The number of amides is 2. The molecule has 0 unspecified atom stereocenters. The molecule has 1 heterocycles. The number of carbonyl (C=O) groups is 2. The Morgan fingerprint density at radius 2 is 1.92 bits per heavy atom. The van der Waals surface area contributed by atoms with Crippen LogP contribution < -0.4 is 10.2 Å². The maximum absolute atomic E-state index is 12.3. The summed E-state index contributed by atoms with van der Waals surface area (Å²) in [6.07, 6.45) is 1.41. The van der Waals surface area contributed by atoms with Gasteiger partial charge in [-0.25, -0.2) is 0 Å². The van der Waals surface area contributed by atoms with Crippen molar-refractivity contribution in [1.82, 2.24) is 0 Å². The zero-order valence-electron chi connectivity index (χ0n) is 13.0. The Kier molecular flexibility index (Phi) is 5.43. The number of nitrogens with one attached hydrogen (secondary N) is 1. The quantitative estimate of drug-likeness (QED) is 0.813. The van der Waals surface area contributed by atoms with Gasteiger partial charge in [0, 0.05) is 17.9 Å². The summed E-state index contributed by atoms with van der Waals surface area (Å²) in [5.74, 6) is 0.229. The van der Waals surface area contributed by atoms with Gasteiger partial charge >= 0.3 is 0 Å². The van der Waals surface area contributed by atoms with Crippen LogP contribution in [0.2, 0.25) is 5.02 Å². The van der Waals surface area contributed by atoms with Gasteiger partial charge < -0.3 is 10.2 Å². The maximum Gasteiger partial charge on any atom is 0.234 e. The summed E-state index contributed by atoms with van der Waals surface area (Å²) < 4.78 is 0. The van der Waals surface area contributed by atoms with E-state index < -0.39 is 0 Å². The molecular weight excluding hydrogens is 344 g/mol. The molecular formula is C18H17ClN2O2S. The number of hydrogen-bond donors (Lipinski definition) is 1. The van der Waals surface area contributed by atoms with E-state index in [2.05, 4.69) is 5.32 Å². The highest BCUT2D eigenvalue weighted by Gasteiger charge is 2.24. The molecule has 0 spiro atoms. The smallest absolute Gasteiger partial charge is 0.234 e.